The summed E-state index contributed by atoms with van der Waals surface area (Å²) in [5.41, 5.74) is 2.02. The van der Waals surface area contributed by atoms with Gasteiger partial charge < -0.3 is 15.4 Å². The number of carbonyl (C=O) groups is 1. The molecule has 92 valence electrons. The van der Waals surface area contributed by atoms with Crippen molar-refractivity contribution >= 4 is 11.6 Å². The topological polar surface area (TPSA) is 50.4 Å². The summed E-state index contributed by atoms with van der Waals surface area (Å²) in [5.74, 6) is -0.0381. The number of benzene rings is 1. The third-order valence-corrected chi connectivity index (χ3v) is 2.82. The van der Waals surface area contributed by atoms with Gasteiger partial charge in [-0.3, -0.25) is 4.79 Å². The zero-order valence-electron chi connectivity index (χ0n) is 10.0. The Morgan fingerprint density at radius 2 is 2.18 bits per heavy atom. The highest BCUT2D eigenvalue weighted by Gasteiger charge is 2.23. The van der Waals surface area contributed by atoms with Crippen molar-refractivity contribution in [3.8, 4) is 0 Å². The van der Waals surface area contributed by atoms with Gasteiger partial charge in [0.2, 0.25) is 0 Å². The number of nitrogens with one attached hydrogen (secondary N) is 2. The minimum Gasteiger partial charge on any atom is -0.368 e. The van der Waals surface area contributed by atoms with E-state index in [1.54, 1.807) is 0 Å². The summed E-state index contributed by atoms with van der Waals surface area (Å²) < 4.78 is 5.33. The third-order valence-electron chi connectivity index (χ3n) is 2.82. The molecule has 1 aromatic carbocycles. The number of carbonyl (C=O) groups excluding carboxylic acids is 1. The summed E-state index contributed by atoms with van der Waals surface area (Å²) >= 11 is 0. The molecule has 1 unspecified atom stereocenters. The molecule has 2 rings (SSSR count). The van der Waals surface area contributed by atoms with Crippen molar-refractivity contribution in [2.75, 3.05) is 19.0 Å². The summed E-state index contributed by atoms with van der Waals surface area (Å²) in [5, 5.41) is 5.95. The van der Waals surface area contributed by atoms with Gasteiger partial charge in [0.25, 0.3) is 5.91 Å². The molecule has 1 amide bonds. The van der Waals surface area contributed by atoms with E-state index >= 15 is 0 Å². The highest BCUT2D eigenvalue weighted by Crippen LogP contribution is 2.15. The second-order valence-electron chi connectivity index (χ2n) is 4.22. The van der Waals surface area contributed by atoms with Crippen LogP contribution >= 0.6 is 0 Å². The normalized spacial score (nSPS) is 19.2. The summed E-state index contributed by atoms with van der Waals surface area (Å²) in [6.45, 7) is 1.53. The largest absolute Gasteiger partial charge is 0.368 e. The van der Waals surface area contributed by atoms with Crippen molar-refractivity contribution < 1.29 is 9.53 Å². The van der Waals surface area contributed by atoms with E-state index in [0.717, 1.165) is 25.1 Å². The van der Waals surface area contributed by atoms with Crippen LogP contribution in [0.4, 0.5) is 5.69 Å². The number of anilines is 1. The Labute approximate surface area is 101 Å². The monoisotopic (exact) mass is 234 g/mol. The lowest BCUT2D eigenvalue weighted by molar-refractivity contribution is -0.124. The van der Waals surface area contributed by atoms with E-state index in [-0.39, 0.29) is 12.0 Å². The second kappa shape index (κ2) is 5.80. The second-order valence-corrected chi connectivity index (χ2v) is 4.22. The number of hydrogen-bond donors (Lipinski definition) is 2. The van der Waals surface area contributed by atoms with Crippen molar-refractivity contribution in [1.29, 1.82) is 0 Å². The van der Waals surface area contributed by atoms with E-state index in [0.29, 0.717) is 6.61 Å². The first-order chi connectivity index (χ1) is 8.29. The Balaban J connectivity index is 1.91. The van der Waals surface area contributed by atoms with Crippen LogP contribution in [0.3, 0.4) is 0 Å². The molecule has 2 N–H and O–H groups in total. The molecule has 0 radical (unpaired) electrons. The lowest BCUT2D eigenvalue weighted by Gasteiger charge is -2.10. The Hall–Kier alpha value is -1.39. The fraction of sp³-hybridized carbons (Fsp3) is 0.462. The number of hydrogen-bond acceptors (Lipinski definition) is 3. The van der Waals surface area contributed by atoms with Crippen molar-refractivity contribution in [2.24, 2.45) is 0 Å². The predicted octanol–water partition coefficient (Wildman–Crippen LogP) is 1.52. The Bertz CT molecular complexity index is 370. The molecule has 4 heteroatoms. The average Bonchev–Trinajstić information content (AvgIpc) is 2.86. The molecular formula is C13H18N2O2. The fourth-order valence-electron chi connectivity index (χ4n) is 1.92. The maximum absolute atomic E-state index is 11.8. The van der Waals surface area contributed by atoms with Gasteiger partial charge in [-0.15, -0.1) is 0 Å². The minimum atomic E-state index is -0.271. The maximum Gasteiger partial charge on any atom is 0.253 e. The first-order valence-electron chi connectivity index (χ1n) is 5.95. The molecule has 0 aliphatic carbocycles. The van der Waals surface area contributed by atoms with Crippen molar-refractivity contribution in [3.63, 3.8) is 0 Å². The summed E-state index contributed by atoms with van der Waals surface area (Å²) in [4.78, 5) is 11.8. The van der Waals surface area contributed by atoms with Crippen LogP contribution in [0.1, 0.15) is 18.4 Å². The smallest absolute Gasteiger partial charge is 0.253 e. The van der Waals surface area contributed by atoms with Crippen LogP contribution < -0.4 is 10.6 Å². The zero-order valence-corrected chi connectivity index (χ0v) is 10.0. The Morgan fingerprint density at radius 3 is 2.76 bits per heavy atom. The van der Waals surface area contributed by atoms with Gasteiger partial charge in [-0.25, -0.2) is 0 Å². The maximum atomic E-state index is 11.8. The predicted molar refractivity (Wildman–Crippen MR) is 66.8 cm³/mol. The Kier molecular flexibility index (Phi) is 4.12. The minimum absolute atomic E-state index is 0.0381. The lowest BCUT2D eigenvalue weighted by Crippen LogP contribution is -2.26. The first-order valence-corrected chi connectivity index (χ1v) is 5.95. The van der Waals surface area contributed by atoms with Crippen LogP contribution in [0, 0.1) is 0 Å². The van der Waals surface area contributed by atoms with Gasteiger partial charge in [0.1, 0.15) is 6.10 Å². The molecule has 1 fully saturated rings. The highest BCUT2D eigenvalue weighted by molar-refractivity contribution is 5.94. The van der Waals surface area contributed by atoms with Gasteiger partial charge in [0.05, 0.1) is 0 Å². The van der Waals surface area contributed by atoms with Gasteiger partial charge in [-0.2, -0.15) is 0 Å². The molecule has 0 bridgehead atoms. The van der Waals surface area contributed by atoms with Crippen LogP contribution in [-0.2, 0) is 16.1 Å². The summed E-state index contributed by atoms with van der Waals surface area (Å²) in [6.07, 6.45) is 1.52. The van der Waals surface area contributed by atoms with E-state index in [1.807, 2.05) is 31.3 Å². The lowest BCUT2D eigenvalue weighted by atomic mass is 10.2. The van der Waals surface area contributed by atoms with Crippen molar-refractivity contribution in [3.05, 3.63) is 29.8 Å². The standard InChI is InChI=1S/C13H18N2O2/c1-14-9-10-4-6-11(7-5-10)15-13(16)12-3-2-8-17-12/h4-7,12,14H,2-3,8-9H2,1H3,(H,15,16). The van der Waals surface area contributed by atoms with E-state index < -0.39 is 0 Å². The molecule has 1 atom stereocenters. The highest BCUT2D eigenvalue weighted by atomic mass is 16.5. The Morgan fingerprint density at radius 1 is 1.41 bits per heavy atom. The quantitative estimate of drug-likeness (QED) is 0.830. The third kappa shape index (κ3) is 3.28. The van der Waals surface area contributed by atoms with Gasteiger partial charge in [0, 0.05) is 18.8 Å². The SMILES string of the molecule is CNCc1ccc(NC(=O)C2CCCO2)cc1. The number of ether oxygens (including phenoxy) is 1. The molecule has 1 aromatic rings. The van der Waals surface area contributed by atoms with Gasteiger partial charge in [-0.05, 0) is 37.6 Å². The molecule has 1 saturated heterocycles. The van der Waals surface area contributed by atoms with Gasteiger partial charge in [-0.1, -0.05) is 12.1 Å². The average molecular weight is 234 g/mol. The van der Waals surface area contributed by atoms with Crippen LogP contribution in [0.5, 0.6) is 0 Å². The molecule has 1 aliphatic rings. The van der Waals surface area contributed by atoms with Gasteiger partial charge >= 0.3 is 0 Å². The van der Waals surface area contributed by atoms with E-state index in [9.17, 15) is 4.79 Å². The summed E-state index contributed by atoms with van der Waals surface area (Å²) in [6, 6.07) is 7.84. The molecule has 4 nitrogen and oxygen atoms in total. The fourth-order valence-corrected chi connectivity index (χ4v) is 1.92. The number of rotatable bonds is 4. The van der Waals surface area contributed by atoms with E-state index in [4.69, 9.17) is 4.74 Å². The van der Waals surface area contributed by atoms with Crippen LogP contribution in [0.15, 0.2) is 24.3 Å². The molecular weight excluding hydrogens is 216 g/mol. The van der Waals surface area contributed by atoms with Crippen LogP contribution in [0.2, 0.25) is 0 Å². The molecule has 0 spiro atoms. The molecule has 0 aromatic heterocycles. The molecule has 1 aliphatic heterocycles. The van der Waals surface area contributed by atoms with Crippen molar-refractivity contribution in [1.82, 2.24) is 5.32 Å². The molecule has 1 heterocycles. The zero-order chi connectivity index (χ0) is 12.1. The van der Waals surface area contributed by atoms with Crippen LogP contribution in [0.25, 0.3) is 0 Å². The molecule has 0 saturated carbocycles. The van der Waals surface area contributed by atoms with E-state index in [1.165, 1.54) is 5.56 Å². The first kappa shape index (κ1) is 12.1. The van der Waals surface area contributed by atoms with Crippen molar-refractivity contribution in [2.45, 2.75) is 25.5 Å². The molecule has 17 heavy (non-hydrogen) atoms. The van der Waals surface area contributed by atoms with E-state index in [2.05, 4.69) is 10.6 Å². The van der Waals surface area contributed by atoms with Crippen LogP contribution in [-0.4, -0.2) is 25.7 Å². The number of amides is 1. The van der Waals surface area contributed by atoms with Gasteiger partial charge in [0.15, 0.2) is 0 Å². The summed E-state index contributed by atoms with van der Waals surface area (Å²) in [7, 11) is 1.91.